The number of carbonyl (C=O) groups excluding carboxylic acids is 1. The van der Waals surface area contributed by atoms with Crippen LogP contribution in [0.2, 0.25) is 0 Å². The van der Waals surface area contributed by atoms with Gasteiger partial charge >= 0.3 is 12.1 Å². The molecule has 0 radical (unpaired) electrons. The lowest BCUT2D eigenvalue weighted by Crippen LogP contribution is -2.42. The molecule has 0 saturated heterocycles. The lowest BCUT2D eigenvalue weighted by molar-refractivity contribution is -0.137. The number of carboxylic acids is 1. The summed E-state index contributed by atoms with van der Waals surface area (Å²) < 4.78 is 5.53. The summed E-state index contributed by atoms with van der Waals surface area (Å²) in [6.45, 7) is 2.24. The fraction of sp³-hybridized carbons (Fsp3) is 0.364. The summed E-state index contributed by atoms with van der Waals surface area (Å²) in [6.07, 6.45) is 1.22. The van der Waals surface area contributed by atoms with E-state index in [4.69, 9.17) is 9.84 Å². The van der Waals surface area contributed by atoms with Gasteiger partial charge in [-0.15, -0.1) is 0 Å². The largest absolute Gasteiger partial charge is 0.481 e. The summed E-state index contributed by atoms with van der Waals surface area (Å²) in [7, 11) is 0. The first-order valence-electron chi connectivity index (χ1n) is 9.31. The number of hydrogen-bond acceptors (Lipinski definition) is 3. The van der Waals surface area contributed by atoms with Crippen LogP contribution in [0.4, 0.5) is 4.79 Å². The fourth-order valence-corrected chi connectivity index (χ4v) is 3.97. The van der Waals surface area contributed by atoms with Crippen molar-refractivity contribution in [2.24, 2.45) is 5.41 Å². The second-order valence-electron chi connectivity index (χ2n) is 7.77. The van der Waals surface area contributed by atoms with Gasteiger partial charge in [-0.2, -0.15) is 0 Å². The highest BCUT2D eigenvalue weighted by molar-refractivity contribution is 5.79. The number of amides is 1. The number of alkyl carbamates (subject to hydrolysis) is 1. The van der Waals surface area contributed by atoms with Crippen LogP contribution in [0.25, 0.3) is 11.1 Å². The minimum absolute atomic E-state index is 0.00224. The SMILES string of the molecule is CC1(C(CC(=O)O)NC(=O)OCC2c3ccccc3-c3ccccc32)CC1. The minimum Gasteiger partial charge on any atom is -0.481 e. The van der Waals surface area contributed by atoms with Gasteiger partial charge in [0.1, 0.15) is 6.61 Å². The third-order valence-electron chi connectivity index (χ3n) is 5.89. The van der Waals surface area contributed by atoms with Crippen LogP contribution in [0, 0.1) is 5.41 Å². The molecule has 0 bridgehead atoms. The Balaban J connectivity index is 1.45. The Bertz CT molecular complexity index is 842. The van der Waals surface area contributed by atoms with E-state index in [0.29, 0.717) is 0 Å². The average Bonchev–Trinajstić information content (AvgIpc) is 3.32. The molecule has 0 spiro atoms. The molecular weight excluding hydrogens is 342 g/mol. The molecule has 2 N–H and O–H groups in total. The van der Waals surface area contributed by atoms with Crippen molar-refractivity contribution in [3.8, 4) is 11.1 Å². The van der Waals surface area contributed by atoms with Gasteiger partial charge in [-0.25, -0.2) is 4.79 Å². The van der Waals surface area contributed by atoms with Crippen LogP contribution < -0.4 is 5.32 Å². The Hall–Kier alpha value is -2.82. The van der Waals surface area contributed by atoms with Gasteiger partial charge in [0.25, 0.3) is 0 Å². The molecule has 2 aromatic carbocycles. The smallest absolute Gasteiger partial charge is 0.407 e. The molecule has 0 heterocycles. The number of carboxylic acid groups (broad SMARTS) is 1. The molecule has 1 fully saturated rings. The Morgan fingerprint density at radius 1 is 1.11 bits per heavy atom. The standard InChI is InChI=1S/C22H23NO4/c1-22(10-11-22)19(12-20(24)25)23-21(26)27-13-18-16-8-4-2-6-14(16)15-7-3-5-9-17(15)18/h2-9,18-19H,10-13H2,1H3,(H,23,26)(H,24,25). The van der Waals surface area contributed by atoms with E-state index in [2.05, 4.69) is 29.6 Å². The number of hydrogen-bond donors (Lipinski definition) is 2. The van der Waals surface area contributed by atoms with Crippen molar-refractivity contribution in [3.05, 3.63) is 59.7 Å². The summed E-state index contributed by atoms with van der Waals surface area (Å²) in [4.78, 5) is 23.5. The van der Waals surface area contributed by atoms with Crippen LogP contribution in [-0.4, -0.2) is 29.8 Å². The van der Waals surface area contributed by atoms with E-state index in [1.807, 2.05) is 31.2 Å². The van der Waals surface area contributed by atoms with E-state index >= 15 is 0 Å². The van der Waals surface area contributed by atoms with Crippen molar-refractivity contribution in [1.29, 1.82) is 0 Å². The minimum atomic E-state index is -0.910. The molecule has 5 nitrogen and oxygen atoms in total. The van der Waals surface area contributed by atoms with Gasteiger partial charge in [-0.3, -0.25) is 4.79 Å². The Labute approximate surface area is 158 Å². The predicted molar refractivity (Wildman–Crippen MR) is 102 cm³/mol. The zero-order chi connectivity index (χ0) is 19.0. The molecule has 1 unspecified atom stereocenters. The van der Waals surface area contributed by atoms with Crippen molar-refractivity contribution >= 4 is 12.1 Å². The van der Waals surface area contributed by atoms with Crippen molar-refractivity contribution in [1.82, 2.24) is 5.32 Å². The molecule has 0 aromatic heterocycles. The van der Waals surface area contributed by atoms with Crippen LogP contribution >= 0.6 is 0 Å². The summed E-state index contributed by atoms with van der Waals surface area (Å²) in [5.74, 6) is -0.912. The highest BCUT2D eigenvalue weighted by Gasteiger charge is 2.46. The third-order valence-corrected chi connectivity index (χ3v) is 5.89. The van der Waals surface area contributed by atoms with E-state index in [9.17, 15) is 9.59 Å². The van der Waals surface area contributed by atoms with Gasteiger partial charge in [0.15, 0.2) is 0 Å². The van der Waals surface area contributed by atoms with Crippen LogP contribution in [0.5, 0.6) is 0 Å². The third kappa shape index (κ3) is 3.42. The van der Waals surface area contributed by atoms with E-state index in [0.717, 1.165) is 24.0 Å². The monoisotopic (exact) mass is 365 g/mol. The van der Waals surface area contributed by atoms with Crippen LogP contribution in [0.15, 0.2) is 48.5 Å². The summed E-state index contributed by atoms with van der Waals surface area (Å²) >= 11 is 0. The predicted octanol–water partition coefficient (Wildman–Crippen LogP) is 4.17. The summed E-state index contributed by atoms with van der Waals surface area (Å²) in [5.41, 5.74) is 4.53. The second-order valence-corrected chi connectivity index (χ2v) is 7.77. The molecule has 4 rings (SSSR count). The highest BCUT2D eigenvalue weighted by atomic mass is 16.5. The molecule has 1 atom stereocenters. The maximum atomic E-state index is 12.4. The quantitative estimate of drug-likeness (QED) is 0.806. The maximum Gasteiger partial charge on any atom is 0.407 e. The number of benzene rings is 2. The van der Waals surface area contributed by atoms with Crippen molar-refractivity contribution in [3.63, 3.8) is 0 Å². The average molecular weight is 365 g/mol. The highest BCUT2D eigenvalue weighted by Crippen LogP contribution is 2.49. The molecule has 2 aliphatic carbocycles. The molecule has 5 heteroatoms. The molecule has 140 valence electrons. The summed E-state index contributed by atoms with van der Waals surface area (Å²) in [5, 5.41) is 11.9. The maximum absolute atomic E-state index is 12.4. The first-order valence-corrected chi connectivity index (χ1v) is 9.31. The van der Waals surface area contributed by atoms with Gasteiger partial charge in [0.05, 0.1) is 6.42 Å². The van der Waals surface area contributed by atoms with Gasteiger partial charge in [0.2, 0.25) is 0 Å². The van der Waals surface area contributed by atoms with E-state index < -0.39 is 18.1 Å². The zero-order valence-corrected chi connectivity index (χ0v) is 15.3. The van der Waals surface area contributed by atoms with Crippen LogP contribution in [-0.2, 0) is 9.53 Å². The van der Waals surface area contributed by atoms with E-state index in [1.54, 1.807) is 0 Å². The first kappa shape index (κ1) is 17.6. The number of ether oxygens (including phenoxy) is 1. The number of aliphatic carboxylic acids is 1. The molecule has 2 aliphatic rings. The number of rotatable bonds is 6. The molecule has 27 heavy (non-hydrogen) atoms. The first-order chi connectivity index (χ1) is 13.0. The number of nitrogens with one attached hydrogen (secondary N) is 1. The Morgan fingerprint density at radius 2 is 1.67 bits per heavy atom. The van der Waals surface area contributed by atoms with Crippen LogP contribution in [0.3, 0.4) is 0 Å². The molecule has 1 saturated carbocycles. The van der Waals surface area contributed by atoms with Gasteiger partial charge in [-0.1, -0.05) is 55.5 Å². The van der Waals surface area contributed by atoms with Crippen molar-refractivity contribution < 1.29 is 19.4 Å². The Morgan fingerprint density at radius 3 is 2.19 bits per heavy atom. The molecular formula is C22H23NO4. The Kier molecular flexibility index (Phi) is 4.38. The molecule has 1 amide bonds. The number of fused-ring (bicyclic) bond motifs is 3. The van der Waals surface area contributed by atoms with Crippen molar-refractivity contribution in [2.45, 2.75) is 38.1 Å². The zero-order valence-electron chi connectivity index (χ0n) is 15.3. The van der Waals surface area contributed by atoms with E-state index in [1.165, 1.54) is 11.1 Å². The normalized spacial score (nSPS) is 17.5. The summed E-state index contributed by atoms with van der Waals surface area (Å²) in [6, 6.07) is 15.9. The topological polar surface area (TPSA) is 75.6 Å². The fourth-order valence-electron chi connectivity index (χ4n) is 3.97. The van der Waals surface area contributed by atoms with Gasteiger partial charge in [-0.05, 0) is 40.5 Å². The second kappa shape index (κ2) is 6.72. The van der Waals surface area contributed by atoms with Crippen LogP contribution in [0.1, 0.15) is 43.2 Å². The lowest BCUT2D eigenvalue weighted by atomic mass is 9.96. The van der Waals surface area contributed by atoms with E-state index in [-0.39, 0.29) is 24.4 Å². The van der Waals surface area contributed by atoms with Gasteiger partial charge in [0, 0.05) is 12.0 Å². The molecule has 0 aliphatic heterocycles. The number of carbonyl (C=O) groups is 2. The lowest BCUT2D eigenvalue weighted by Gasteiger charge is -2.23. The van der Waals surface area contributed by atoms with Gasteiger partial charge < -0.3 is 15.2 Å². The molecule has 2 aromatic rings. The van der Waals surface area contributed by atoms with Crippen molar-refractivity contribution in [2.75, 3.05) is 6.61 Å².